The number of anilines is 2. The predicted octanol–water partition coefficient (Wildman–Crippen LogP) is 3.19. The lowest BCUT2D eigenvalue weighted by Gasteiger charge is -2.16. The van der Waals surface area contributed by atoms with Gasteiger partial charge in [0.25, 0.3) is 5.91 Å². The second kappa shape index (κ2) is 6.91. The number of nitrogens with zero attached hydrogens (tertiary/aromatic N) is 2. The lowest BCUT2D eigenvalue weighted by atomic mass is 10.2. The molecule has 0 saturated heterocycles. The van der Waals surface area contributed by atoms with Gasteiger partial charge in [-0.1, -0.05) is 11.6 Å². The Bertz CT molecular complexity index is 689. The van der Waals surface area contributed by atoms with Gasteiger partial charge in [0, 0.05) is 24.6 Å². The van der Waals surface area contributed by atoms with Crippen molar-refractivity contribution in [3.8, 4) is 0 Å². The number of halogens is 1. The second-order valence-corrected chi connectivity index (χ2v) is 4.73. The summed E-state index contributed by atoms with van der Waals surface area (Å²) in [6, 6.07) is 9.96. The average molecular weight is 320 g/mol. The van der Waals surface area contributed by atoms with Gasteiger partial charge in [-0.25, -0.2) is 9.78 Å². The zero-order valence-corrected chi connectivity index (χ0v) is 12.8. The van der Waals surface area contributed by atoms with Gasteiger partial charge in [-0.05, 0) is 36.4 Å². The molecule has 1 N–H and O–H groups in total. The number of carbonyl (C=O) groups excluding carboxylic acids is 2. The van der Waals surface area contributed by atoms with E-state index in [1.165, 1.54) is 18.2 Å². The maximum Gasteiger partial charge on any atom is 0.413 e. The highest BCUT2D eigenvalue weighted by molar-refractivity contribution is 6.33. The van der Waals surface area contributed by atoms with Crippen molar-refractivity contribution in [2.75, 3.05) is 24.4 Å². The van der Waals surface area contributed by atoms with Crippen molar-refractivity contribution in [2.24, 2.45) is 0 Å². The van der Waals surface area contributed by atoms with Crippen LogP contribution in [0.25, 0.3) is 0 Å². The maximum atomic E-state index is 12.1. The molecular formula is C15H14ClN3O3. The van der Waals surface area contributed by atoms with E-state index >= 15 is 0 Å². The van der Waals surface area contributed by atoms with Crippen molar-refractivity contribution >= 4 is 35.0 Å². The quantitative estimate of drug-likeness (QED) is 0.882. The minimum absolute atomic E-state index is 0.141. The van der Waals surface area contributed by atoms with E-state index in [0.717, 1.165) is 0 Å². The second-order valence-electron chi connectivity index (χ2n) is 4.37. The van der Waals surface area contributed by atoms with Gasteiger partial charge in [0.2, 0.25) is 0 Å². The topological polar surface area (TPSA) is 71.5 Å². The molecule has 1 aromatic heterocycles. The van der Waals surface area contributed by atoms with E-state index in [9.17, 15) is 9.59 Å². The van der Waals surface area contributed by atoms with Gasteiger partial charge >= 0.3 is 6.09 Å². The van der Waals surface area contributed by atoms with E-state index in [2.05, 4.69) is 15.0 Å². The van der Waals surface area contributed by atoms with E-state index in [0.29, 0.717) is 16.9 Å². The first kappa shape index (κ1) is 15.8. The lowest BCUT2D eigenvalue weighted by Crippen LogP contribution is -2.25. The minimum atomic E-state index is -0.473. The van der Waals surface area contributed by atoms with Gasteiger partial charge in [0.05, 0.1) is 12.7 Å². The summed E-state index contributed by atoms with van der Waals surface area (Å²) >= 11 is 5.87. The zero-order valence-electron chi connectivity index (χ0n) is 12.0. The van der Waals surface area contributed by atoms with Crippen LogP contribution in [0.5, 0.6) is 0 Å². The third-order valence-corrected chi connectivity index (χ3v) is 3.27. The van der Waals surface area contributed by atoms with Crippen molar-refractivity contribution in [3.63, 3.8) is 0 Å². The van der Waals surface area contributed by atoms with E-state index < -0.39 is 6.09 Å². The summed E-state index contributed by atoms with van der Waals surface area (Å²) in [6.07, 6.45) is 1.04. The third kappa shape index (κ3) is 3.53. The Labute approximate surface area is 132 Å². The molecule has 2 aromatic rings. The van der Waals surface area contributed by atoms with Crippen LogP contribution in [0.2, 0.25) is 5.15 Å². The molecule has 0 saturated carbocycles. The number of rotatable bonds is 3. The van der Waals surface area contributed by atoms with E-state index in [1.807, 2.05) is 0 Å². The van der Waals surface area contributed by atoms with Gasteiger partial charge in [0.1, 0.15) is 5.15 Å². The molecule has 7 heteroatoms. The minimum Gasteiger partial charge on any atom is -0.452 e. The molecule has 1 heterocycles. The summed E-state index contributed by atoms with van der Waals surface area (Å²) in [4.78, 5) is 28.7. The number of nitrogens with one attached hydrogen (secondary N) is 1. The first-order valence-corrected chi connectivity index (χ1v) is 6.74. The summed E-state index contributed by atoms with van der Waals surface area (Å²) in [5, 5.41) is 2.85. The van der Waals surface area contributed by atoms with Gasteiger partial charge in [-0.15, -0.1) is 0 Å². The molecule has 0 aliphatic rings. The van der Waals surface area contributed by atoms with Crippen LogP contribution in [-0.2, 0) is 4.74 Å². The predicted molar refractivity (Wildman–Crippen MR) is 84.5 cm³/mol. The van der Waals surface area contributed by atoms with Crippen molar-refractivity contribution in [3.05, 3.63) is 53.3 Å². The Hall–Kier alpha value is -2.60. The van der Waals surface area contributed by atoms with Crippen LogP contribution in [0, 0.1) is 0 Å². The maximum absolute atomic E-state index is 12.1. The molecular weight excluding hydrogens is 306 g/mol. The fourth-order valence-corrected chi connectivity index (χ4v) is 1.97. The number of hydrogen-bond donors (Lipinski definition) is 1. The van der Waals surface area contributed by atoms with Crippen LogP contribution in [-0.4, -0.2) is 31.1 Å². The Balaban J connectivity index is 2.10. The van der Waals surface area contributed by atoms with Crippen LogP contribution in [0.4, 0.5) is 16.2 Å². The highest BCUT2D eigenvalue weighted by Gasteiger charge is 2.12. The summed E-state index contributed by atoms with van der Waals surface area (Å²) in [7, 11) is 2.90. The van der Waals surface area contributed by atoms with Gasteiger partial charge in [0.15, 0.2) is 0 Å². The Morgan fingerprint density at radius 2 is 1.91 bits per heavy atom. The normalized spacial score (nSPS) is 9.95. The van der Waals surface area contributed by atoms with E-state index in [1.54, 1.807) is 43.4 Å². The number of aromatic nitrogens is 1. The molecule has 0 spiro atoms. The Morgan fingerprint density at radius 3 is 2.50 bits per heavy atom. The van der Waals surface area contributed by atoms with Crippen molar-refractivity contribution < 1.29 is 14.3 Å². The van der Waals surface area contributed by atoms with Crippen LogP contribution in [0.15, 0.2) is 42.6 Å². The van der Waals surface area contributed by atoms with Crippen molar-refractivity contribution in [1.29, 1.82) is 0 Å². The Kier molecular flexibility index (Phi) is 4.95. The van der Waals surface area contributed by atoms with Crippen molar-refractivity contribution in [1.82, 2.24) is 4.98 Å². The monoisotopic (exact) mass is 319 g/mol. The molecule has 0 aliphatic heterocycles. The third-order valence-electron chi connectivity index (χ3n) is 2.96. The Morgan fingerprint density at radius 1 is 1.23 bits per heavy atom. The molecule has 2 rings (SSSR count). The summed E-state index contributed by atoms with van der Waals surface area (Å²) < 4.78 is 4.63. The number of hydrogen-bond acceptors (Lipinski definition) is 4. The summed E-state index contributed by atoms with van der Waals surface area (Å²) in [5.41, 5.74) is 1.51. The molecule has 0 aliphatic carbocycles. The summed E-state index contributed by atoms with van der Waals surface area (Å²) in [5.74, 6) is -0.354. The standard InChI is InChI=1S/C15H14ClN3O3/c1-19(15(21)22-2)11-7-5-10(6-8-11)18-14(20)12-4-3-9-17-13(12)16/h3-9H,1-2H3,(H,18,20). The molecule has 1 aromatic carbocycles. The van der Waals surface area contributed by atoms with Crippen LogP contribution in [0.1, 0.15) is 10.4 Å². The van der Waals surface area contributed by atoms with Crippen molar-refractivity contribution in [2.45, 2.75) is 0 Å². The van der Waals surface area contributed by atoms with Gasteiger partial charge in [-0.3, -0.25) is 9.69 Å². The van der Waals surface area contributed by atoms with E-state index in [-0.39, 0.29) is 11.1 Å². The highest BCUT2D eigenvalue weighted by Crippen LogP contribution is 2.19. The molecule has 6 nitrogen and oxygen atoms in total. The van der Waals surface area contributed by atoms with Crippen LogP contribution in [0.3, 0.4) is 0 Å². The number of pyridine rings is 1. The SMILES string of the molecule is COC(=O)N(C)c1ccc(NC(=O)c2cccnc2Cl)cc1. The molecule has 22 heavy (non-hydrogen) atoms. The average Bonchev–Trinajstić information content (AvgIpc) is 2.54. The fourth-order valence-electron chi connectivity index (χ4n) is 1.76. The number of benzene rings is 1. The van der Waals surface area contributed by atoms with Crippen LogP contribution >= 0.6 is 11.6 Å². The van der Waals surface area contributed by atoms with E-state index in [4.69, 9.17) is 11.6 Å². The molecule has 2 amide bonds. The zero-order chi connectivity index (χ0) is 16.1. The largest absolute Gasteiger partial charge is 0.452 e. The first-order valence-electron chi connectivity index (χ1n) is 6.36. The molecule has 0 atom stereocenters. The molecule has 0 unspecified atom stereocenters. The fraction of sp³-hybridized carbons (Fsp3) is 0.133. The number of methoxy groups -OCH3 is 1. The van der Waals surface area contributed by atoms with Gasteiger partial charge in [-0.2, -0.15) is 0 Å². The lowest BCUT2D eigenvalue weighted by molar-refractivity contribution is 0.102. The van der Waals surface area contributed by atoms with Gasteiger partial charge < -0.3 is 10.1 Å². The van der Waals surface area contributed by atoms with Crippen LogP contribution < -0.4 is 10.2 Å². The number of amides is 2. The molecule has 114 valence electrons. The highest BCUT2D eigenvalue weighted by atomic mass is 35.5. The first-order chi connectivity index (χ1) is 10.5. The molecule has 0 fully saturated rings. The molecule has 0 radical (unpaired) electrons. The number of ether oxygens (including phenoxy) is 1. The molecule has 0 bridgehead atoms. The number of carbonyl (C=O) groups is 2. The summed E-state index contributed by atoms with van der Waals surface area (Å²) in [6.45, 7) is 0. The smallest absolute Gasteiger partial charge is 0.413 e.